The van der Waals surface area contributed by atoms with E-state index in [2.05, 4.69) is 10.3 Å². The fraction of sp³-hybridized carbons (Fsp3) is 0.250. The van der Waals surface area contributed by atoms with Crippen molar-refractivity contribution in [2.45, 2.75) is 13.5 Å². The van der Waals surface area contributed by atoms with Gasteiger partial charge < -0.3 is 10.2 Å². The Kier molecular flexibility index (Phi) is 4.87. The first-order valence-electron chi connectivity index (χ1n) is 6.80. The minimum Gasteiger partial charge on any atom is -0.384 e. The quantitative estimate of drug-likeness (QED) is 0.919. The summed E-state index contributed by atoms with van der Waals surface area (Å²) >= 11 is 0. The summed E-state index contributed by atoms with van der Waals surface area (Å²) in [5.41, 5.74) is 2.15. The van der Waals surface area contributed by atoms with Crippen molar-refractivity contribution in [1.29, 1.82) is 0 Å². The molecule has 0 unspecified atom stereocenters. The third-order valence-corrected chi connectivity index (χ3v) is 3.04. The molecule has 0 bridgehead atoms. The topological polar surface area (TPSA) is 45.2 Å². The summed E-state index contributed by atoms with van der Waals surface area (Å²) < 4.78 is 12.9. The first-order chi connectivity index (χ1) is 10.1. The Balaban J connectivity index is 2.02. The maximum Gasteiger partial charge on any atom is 0.272 e. The third-order valence-electron chi connectivity index (χ3n) is 3.04. The largest absolute Gasteiger partial charge is 0.384 e. The smallest absolute Gasteiger partial charge is 0.272 e. The lowest BCUT2D eigenvalue weighted by molar-refractivity contribution is 0.0779. The Morgan fingerprint density at radius 3 is 2.52 bits per heavy atom. The molecule has 1 aromatic carbocycles. The average Bonchev–Trinajstić information content (AvgIpc) is 2.50. The minimum absolute atomic E-state index is 0.164. The number of nitrogens with zero attached hydrogens (tertiary/aromatic N) is 2. The van der Waals surface area contributed by atoms with Gasteiger partial charge in [-0.3, -0.25) is 4.79 Å². The SMILES string of the molecule is CCNc1ccc(C(=O)N(C)Cc2ccc(F)cc2)nc1. The van der Waals surface area contributed by atoms with Crippen LogP contribution in [0.4, 0.5) is 10.1 Å². The highest BCUT2D eigenvalue weighted by Gasteiger charge is 2.13. The monoisotopic (exact) mass is 287 g/mol. The van der Waals surface area contributed by atoms with Gasteiger partial charge in [0.2, 0.25) is 0 Å². The Labute approximate surface area is 123 Å². The molecule has 0 atom stereocenters. The van der Waals surface area contributed by atoms with E-state index in [4.69, 9.17) is 0 Å². The molecule has 21 heavy (non-hydrogen) atoms. The molecule has 1 aromatic heterocycles. The molecular formula is C16H18FN3O. The van der Waals surface area contributed by atoms with E-state index in [1.807, 2.05) is 13.0 Å². The van der Waals surface area contributed by atoms with Crippen molar-refractivity contribution in [3.63, 3.8) is 0 Å². The zero-order chi connectivity index (χ0) is 15.2. The first kappa shape index (κ1) is 15.0. The number of carbonyl (C=O) groups excluding carboxylic acids is 1. The zero-order valence-corrected chi connectivity index (χ0v) is 12.1. The number of rotatable bonds is 5. The standard InChI is InChI=1S/C16H18FN3O/c1-3-18-14-8-9-15(19-10-14)16(21)20(2)11-12-4-6-13(17)7-5-12/h4-10,18H,3,11H2,1-2H3. The van der Waals surface area contributed by atoms with Crippen LogP contribution in [0.1, 0.15) is 23.0 Å². The van der Waals surface area contributed by atoms with Gasteiger partial charge in [-0.25, -0.2) is 9.37 Å². The van der Waals surface area contributed by atoms with Crippen molar-refractivity contribution in [3.8, 4) is 0 Å². The van der Waals surface area contributed by atoms with Gasteiger partial charge in [-0.2, -0.15) is 0 Å². The number of amides is 1. The van der Waals surface area contributed by atoms with Crippen LogP contribution in [0, 0.1) is 5.82 Å². The number of carbonyl (C=O) groups is 1. The van der Waals surface area contributed by atoms with Gasteiger partial charge in [0, 0.05) is 20.1 Å². The molecule has 2 aromatic rings. The average molecular weight is 287 g/mol. The molecule has 0 spiro atoms. The third kappa shape index (κ3) is 4.02. The van der Waals surface area contributed by atoms with Gasteiger partial charge in [-0.1, -0.05) is 12.1 Å². The molecule has 1 N–H and O–H groups in total. The molecule has 1 heterocycles. The van der Waals surface area contributed by atoms with Crippen LogP contribution in [0.2, 0.25) is 0 Å². The number of pyridine rings is 1. The molecule has 110 valence electrons. The van der Waals surface area contributed by atoms with Crippen molar-refractivity contribution >= 4 is 11.6 Å². The minimum atomic E-state index is -0.284. The Morgan fingerprint density at radius 2 is 1.95 bits per heavy atom. The van der Waals surface area contributed by atoms with Crippen LogP contribution in [-0.4, -0.2) is 29.4 Å². The highest BCUT2D eigenvalue weighted by atomic mass is 19.1. The number of hydrogen-bond donors (Lipinski definition) is 1. The summed E-state index contributed by atoms with van der Waals surface area (Å²) in [6, 6.07) is 9.63. The Morgan fingerprint density at radius 1 is 1.24 bits per heavy atom. The number of benzene rings is 1. The molecule has 0 fully saturated rings. The van der Waals surface area contributed by atoms with Crippen LogP contribution >= 0.6 is 0 Å². The molecular weight excluding hydrogens is 269 g/mol. The van der Waals surface area contributed by atoms with Crippen molar-refractivity contribution in [2.24, 2.45) is 0 Å². The fourth-order valence-electron chi connectivity index (χ4n) is 1.96. The van der Waals surface area contributed by atoms with Crippen LogP contribution in [0.5, 0.6) is 0 Å². The van der Waals surface area contributed by atoms with E-state index in [1.54, 1.807) is 36.3 Å². The summed E-state index contributed by atoms with van der Waals surface area (Å²) in [5, 5.41) is 3.13. The van der Waals surface area contributed by atoms with Gasteiger partial charge in [0.25, 0.3) is 5.91 Å². The van der Waals surface area contributed by atoms with Gasteiger partial charge in [0.1, 0.15) is 11.5 Å². The molecule has 5 heteroatoms. The summed E-state index contributed by atoms with van der Waals surface area (Å²) in [7, 11) is 1.70. The maximum absolute atomic E-state index is 12.9. The lowest BCUT2D eigenvalue weighted by atomic mass is 10.2. The van der Waals surface area contributed by atoms with Crippen molar-refractivity contribution in [2.75, 3.05) is 18.9 Å². The van der Waals surface area contributed by atoms with E-state index in [1.165, 1.54) is 12.1 Å². The molecule has 0 aliphatic carbocycles. The van der Waals surface area contributed by atoms with Crippen molar-refractivity contribution < 1.29 is 9.18 Å². The zero-order valence-electron chi connectivity index (χ0n) is 12.1. The van der Waals surface area contributed by atoms with Crippen LogP contribution < -0.4 is 5.32 Å². The van der Waals surface area contributed by atoms with E-state index in [0.717, 1.165) is 17.8 Å². The second kappa shape index (κ2) is 6.83. The molecule has 2 rings (SSSR count). The number of aromatic nitrogens is 1. The predicted molar refractivity (Wildman–Crippen MR) is 80.6 cm³/mol. The van der Waals surface area contributed by atoms with E-state index >= 15 is 0 Å². The summed E-state index contributed by atoms with van der Waals surface area (Å²) in [4.78, 5) is 18.0. The predicted octanol–water partition coefficient (Wildman–Crippen LogP) is 2.92. The number of halogens is 1. The summed E-state index contributed by atoms with van der Waals surface area (Å²) in [6.45, 7) is 3.21. The lowest BCUT2D eigenvalue weighted by Gasteiger charge is -2.17. The second-order valence-electron chi connectivity index (χ2n) is 4.75. The Bertz CT molecular complexity index is 596. The van der Waals surface area contributed by atoms with Crippen molar-refractivity contribution in [1.82, 2.24) is 9.88 Å². The van der Waals surface area contributed by atoms with Gasteiger partial charge in [-0.05, 0) is 36.8 Å². The highest BCUT2D eigenvalue weighted by molar-refractivity contribution is 5.92. The van der Waals surface area contributed by atoms with E-state index in [-0.39, 0.29) is 11.7 Å². The number of nitrogens with one attached hydrogen (secondary N) is 1. The molecule has 0 saturated heterocycles. The van der Waals surface area contributed by atoms with Gasteiger partial charge >= 0.3 is 0 Å². The van der Waals surface area contributed by atoms with Gasteiger partial charge in [-0.15, -0.1) is 0 Å². The molecule has 0 saturated carbocycles. The fourth-order valence-corrected chi connectivity index (χ4v) is 1.96. The molecule has 1 amide bonds. The molecule has 4 nitrogen and oxygen atoms in total. The normalized spacial score (nSPS) is 10.2. The maximum atomic E-state index is 12.9. The summed E-state index contributed by atoms with van der Waals surface area (Å²) in [5.74, 6) is -0.448. The number of hydrogen-bond acceptors (Lipinski definition) is 3. The molecule has 0 aliphatic rings. The first-order valence-corrected chi connectivity index (χ1v) is 6.80. The molecule has 0 aliphatic heterocycles. The second-order valence-corrected chi connectivity index (χ2v) is 4.75. The van der Waals surface area contributed by atoms with E-state index < -0.39 is 0 Å². The van der Waals surface area contributed by atoms with Crippen LogP contribution in [-0.2, 0) is 6.54 Å². The van der Waals surface area contributed by atoms with Gasteiger partial charge in [0.05, 0.1) is 11.9 Å². The molecule has 0 radical (unpaired) electrons. The summed E-state index contributed by atoms with van der Waals surface area (Å²) in [6.07, 6.45) is 1.64. The van der Waals surface area contributed by atoms with Gasteiger partial charge in [0.15, 0.2) is 0 Å². The van der Waals surface area contributed by atoms with Crippen molar-refractivity contribution in [3.05, 3.63) is 59.7 Å². The Hall–Kier alpha value is -2.43. The lowest BCUT2D eigenvalue weighted by Crippen LogP contribution is -2.27. The van der Waals surface area contributed by atoms with Crippen LogP contribution in [0.15, 0.2) is 42.6 Å². The van der Waals surface area contributed by atoms with E-state index in [0.29, 0.717) is 12.2 Å². The van der Waals surface area contributed by atoms with Crippen LogP contribution in [0.3, 0.4) is 0 Å². The van der Waals surface area contributed by atoms with E-state index in [9.17, 15) is 9.18 Å². The highest BCUT2D eigenvalue weighted by Crippen LogP contribution is 2.10. The van der Waals surface area contributed by atoms with Crippen LogP contribution in [0.25, 0.3) is 0 Å². The number of anilines is 1.